The van der Waals surface area contributed by atoms with Gasteiger partial charge in [-0.15, -0.1) is 0 Å². The Kier molecular flexibility index (Phi) is 15.7. The molecule has 30 heavy (non-hydrogen) atoms. The van der Waals surface area contributed by atoms with Crippen LogP contribution in [0.3, 0.4) is 0 Å². The highest BCUT2D eigenvalue weighted by atomic mass is 16.2. The van der Waals surface area contributed by atoms with Crippen molar-refractivity contribution in [2.45, 2.75) is 110 Å². The van der Waals surface area contributed by atoms with Gasteiger partial charge in [-0.05, 0) is 31.8 Å². The van der Waals surface area contributed by atoms with Gasteiger partial charge in [-0.2, -0.15) is 0 Å². The van der Waals surface area contributed by atoms with Crippen LogP contribution in [0.15, 0.2) is 12.7 Å². The molecule has 0 rings (SSSR count). The lowest BCUT2D eigenvalue weighted by Crippen LogP contribution is -2.40. The fourth-order valence-electron chi connectivity index (χ4n) is 3.44. The summed E-state index contributed by atoms with van der Waals surface area (Å²) in [6, 6.07) is -0.550. The van der Waals surface area contributed by atoms with E-state index in [9.17, 15) is 19.2 Å². The third-order valence-electron chi connectivity index (χ3n) is 5.15. The van der Waals surface area contributed by atoms with E-state index in [1.165, 1.54) is 13.0 Å². The number of hydrogen-bond acceptors (Lipinski definition) is 4. The van der Waals surface area contributed by atoms with Crippen LogP contribution in [0.5, 0.6) is 0 Å². The third kappa shape index (κ3) is 14.9. The molecule has 2 amide bonds. The van der Waals surface area contributed by atoms with Gasteiger partial charge in [0.1, 0.15) is 5.78 Å². The van der Waals surface area contributed by atoms with Crippen molar-refractivity contribution in [1.29, 1.82) is 0 Å². The topological polar surface area (TPSA) is 92.3 Å². The molecule has 3 unspecified atom stereocenters. The fraction of sp³-hybridized carbons (Fsp3) is 0.750. The molecule has 0 aliphatic heterocycles. The van der Waals surface area contributed by atoms with Crippen LogP contribution in [0.1, 0.15) is 98.3 Å². The molecule has 0 aliphatic carbocycles. The average molecular weight is 423 g/mol. The highest BCUT2D eigenvalue weighted by molar-refractivity contribution is 5.90. The van der Waals surface area contributed by atoms with Crippen LogP contribution in [0.2, 0.25) is 0 Å². The molecule has 6 nitrogen and oxygen atoms in total. The maximum atomic E-state index is 12.4. The average Bonchev–Trinajstić information content (AvgIpc) is 2.67. The van der Waals surface area contributed by atoms with Crippen molar-refractivity contribution in [3.05, 3.63) is 12.7 Å². The van der Waals surface area contributed by atoms with Crippen molar-refractivity contribution in [2.75, 3.05) is 0 Å². The number of carbonyl (C=O) groups excluding carboxylic acids is 4. The molecule has 0 spiro atoms. The maximum Gasteiger partial charge on any atom is 0.220 e. The molecule has 0 aromatic rings. The predicted molar refractivity (Wildman–Crippen MR) is 121 cm³/mol. The summed E-state index contributed by atoms with van der Waals surface area (Å²) in [4.78, 5) is 48.0. The lowest BCUT2D eigenvalue weighted by Gasteiger charge is -2.21. The molecule has 0 radical (unpaired) electrons. The number of carbonyl (C=O) groups is 4. The molecule has 6 heteroatoms. The van der Waals surface area contributed by atoms with E-state index in [0.29, 0.717) is 19.3 Å². The first-order valence-electron chi connectivity index (χ1n) is 11.4. The third-order valence-corrected chi connectivity index (χ3v) is 5.15. The Bertz CT molecular complexity index is 559. The van der Waals surface area contributed by atoms with Gasteiger partial charge in [0, 0.05) is 37.8 Å². The molecule has 3 atom stereocenters. The summed E-state index contributed by atoms with van der Waals surface area (Å²) < 4.78 is 0. The first-order valence-corrected chi connectivity index (χ1v) is 11.4. The van der Waals surface area contributed by atoms with Crippen LogP contribution in [0.4, 0.5) is 0 Å². The summed E-state index contributed by atoms with van der Waals surface area (Å²) in [7, 11) is 0. The molecular formula is C24H42N2O4. The van der Waals surface area contributed by atoms with Gasteiger partial charge < -0.3 is 10.6 Å². The standard InChI is InChI=1S/C24H42N2O4/c1-6-9-11-18(4)15-24(30)26-21(17-22(28)8-3)13-14-23(29)25-20(12-10-7-2)16-19(5)27/h8,18,20-21H,3,6-7,9-17H2,1-2,4-5H3,(H,25,29)(H,26,30). The summed E-state index contributed by atoms with van der Waals surface area (Å²) >= 11 is 0. The number of Topliss-reactive ketones (excluding diaryl/α,β-unsaturated/α-hetero) is 1. The van der Waals surface area contributed by atoms with E-state index in [2.05, 4.69) is 38.0 Å². The Hall–Kier alpha value is -1.98. The van der Waals surface area contributed by atoms with E-state index < -0.39 is 6.04 Å². The van der Waals surface area contributed by atoms with E-state index >= 15 is 0 Å². The highest BCUT2D eigenvalue weighted by Gasteiger charge is 2.20. The van der Waals surface area contributed by atoms with E-state index in [1.54, 1.807) is 0 Å². The van der Waals surface area contributed by atoms with Gasteiger partial charge in [0.15, 0.2) is 5.78 Å². The van der Waals surface area contributed by atoms with Crippen LogP contribution in [-0.4, -0.2) is 35.5 Å². The van der Waals surface area contributed by atoms with Gasteiger partial charge in [-0.3, -0.25) is 19.2 Å². The SMILES string of the molecule is C=CC(=O)CC(CCC(=O)NC(CCCC)CC(C)=O)NC(=O)CC(C)CCCC. The lowest BCUT2D eigenvalue weighted by atomic mass is 9.99. The molecule has 0 aliphatic rings. The minimum atomic E-state index is -0.394. The van der Waals surface area contributed by atoms with Crippen LogP contribution in [0.25, 0.3) is 0 Å². The van der Waals surface area contributed by atoms with Crippen molar-refractivity contribution in [2.24, 2.45) is 5.92 Å². The molecule has 0 bridgehead atoms. The van der Waals surface area contributed by atoms with Crippen molar-refractivity contribution in [3.8, 4) is 0 Å². The first-order chi connectivity index (χ1) is 14.2. The van der Waals surface area contributed by atoms with Crippen LogP contribution >= 0.6 is 0 Å². The summed E-state index contributed by atoms with van der Waals surface area (Å²) in [5.74, 6) is -0.0559. The van der Waals surface area contributed by atoms with Gasteiger partial charge >= 0.3 is 0 Å². The second-order valence-electron chi connectivity index (χ2n) is 8.44. The molecule has 0 fully saturated rings. The number of allylic oxidation sites excluding steroid dienone is 1. The van der Waals surface area contributed by atoms with Crippen molar-refractivity contribution < 1.29 is 19.2 Å². The van der Waals surface area contributed by atoms with Gasteiger partial charge in [0.25, 0.3) is 0 Å². The van der Waals surface area contributed by atoms with E-state index in [0.717, 1.165) is 38.5 Å². The number of rotatable bonds is 18. The number of ketones is 2. The maximum absolute atomic E-state index is 12.4. The van der Waals surface area contributed by atoms with Crippen LogP contribution in [0, 0.1) is 5.92 Å². The Balaban J connectivity index is 4.73. The normalized spacial score (nSPS) is 13.7. The number of nitrogens with one attached hydrogen (secondary N) is 2. The number of hydrogen-bond donors (Lipinski definition) is 2. The summed E-state index contributed by atoms with van der Waals surface area (Å²) in [6.45, 7) is 11.3. The van der Waals surface area contributed by atoms with Crippen molar-refractivity contribution >= 4 is 23.4 Å². The molecule has 0 saturated heterocycles. The zero-order valence-electron chi connectivity index (χ0n) is 19.4. The van der Waals surface area contributed by atoms with E-state index in [4.69, 9.17) is 0 Å². The Morgan fingerprint density at radius 3 is 1.97 bits per heavy atom. The largest absolute Gasteiger partial charge is 0.353 e. The zero-order chi connectivity index (χ0) is 22.9. The minimum Gasteiger partial charge on any atom is -0.353 e. The molecule has 0 aromatic carbocycles. The lowest BCUT2D eigenvalue weighted by molar-refractivity contribution is -0.125. The Morgan fingerprint density at radius 1 is 0.833 bits per heavy atom. The van der Waals surface area contributed by atoms with Gasteiger partial charge in [0.2, 0.25) is 11.8 Å². The highest BCUT2D eigenvalue weighted by Crippen LogP contribution is 2.13. The molecular weight excluding hydrogens is 380 g/mol. The number of amides is 2. The van der Waals surface area contributed by atoms with Crippen molar-refractivity contribution in [3.63, 3.8) is 0 Å². The van der Waals surface area contributed by atoms with Gasteiger partial charge in [0.05, 0.1) is 0 Å². The number of unbranched alkanes of at least 4 members (excludes halogenated alkanes) is 2. The van der Waals surface area contributed by atoms with Crippen LogP contribution in [-0.2, 0) is 19.2 Å². The smallest absolute Gasteiger partial charge is 0.220 e. The zero-order valence-corrected chi connectivity index (χ0v) is 19.4. The first kappa shape index (κ1) is 28.0. The second kappa shape index (κ2) is 16.8. The van der Waals surface area contributed by atoms with E-state index in [-0.39, 0.29) is 48.2 Å². The minimum absolute atomic E-state index is 0.0512. The van der Waals surface area contributed by atoms with Gasteiger partial charge in [-0.1, -0.05) is 59.5 Å². The summed E-state index contributed by atoms with van der Waals surface area (Å²) in [6.07, 6.45) is 8.61. The van der Waals surface area contributed by atoms with Crippen molar-refractivity contribution in [1.82, 2.24) is 10.6 Å². The monoisotopic (exact) mass is 422 g/mol. The molecule has 0 saturated carbocycles. The predicted octanol–water partition coefficient (Wildman–Crippen LogP) is 4.27. The molecule has 0 heterocycles. The summed E-state index contributed by atoms with van der Waals surface area (Å²) in [5, 5.41) is 5.86. The molecule has 172 valence electrons. The van der Waals surface area contributed by atoms with Gasteiger partial charge in [-0.25, -0.2) is 0 Å². The fourth-order valence-corrected chi connectivity index (χ4v) is 3.44. The second-order valence-corrected chi connectivity index (χ2v) is 8.44. The Morgan fingerprint density at radius 2 is 1.40 bits per heavy atom. The van der Waals surface area contributed by atoms with E-state index in [1.807, 2.05) is 0 Å². The van der Waals surface area contributed by atoms with Crippen LogP contribution < -0.4 is 10.6 Å². The molecule has 0 aromatic heterocycles. The summed E-state index contributed by atoms with van der Waals surface area (Å²) in [5.41, 5.74) is 0. The molecule has 2 N–H and O–H groups in total. The quantitative estimate of drug-likeness (QED) is 0.323. The Labute approximate surface area is 182 Å².